The van der Waals surface area contributed by atoms with E-state index in [1.54, 1.807) is 9.80 Å². The Morgan fingerprint density at radius 3 is 2.67 bits per heavy atom. The minimum absolute atomic E-state index is 0.0256. The van der Waals surface area contributed by atoms with Gasteiger partial charge in [0.15, 0.2) is 0 Å². The van der Waals surface area contributed by atoms with Crippen LogP contribution in [0.3, 0.4) is 0 Å². The number of hydrogen-bond donors (Lipinski definition) is 1. The van der Waals surface area contributed by atoms with Crippen LogP contribution in [-0.2, 0) is 9.59 Å². The molecule has 5 heteroatoms. The summed E-state index contributed by atoms with van der Waals surface area (Å²) in [5.74, 6) is 0.499. The van der Waals surface area contributed by atoms with Gasteiger partial charge in [-0.3, -0.25) is 9.59 Å². The van der Waals surface area contributed by atoms with Crippen molar-refractivity contribution in [2.24, 2.45) is 5.92 Å². The zero-order valence-electron chi connectivity index (χ0n) is 13.3. The number of nitrogens with zero attached hydrogens (tertiary/aromatic N) is 2. The minimum Gasteiger partial charge on any atom is -0.391 e. The van der Waals surface area contributed by atoms with Gasteiger partial charge in [-0.15, -0.1) is 0 Å². The van der Waals surface area contributed by atoms with Crippen molar-refractivity contribution in [2.75, 3.05) is 19.6 Å². The molecule has 0 radical (unpaired) electrons. The van der Waals surface area contributed by atoms with Crippen LogP contribution in [0.15, 0.2) is 0 Å². The van der Waals surface area contributed by atoms with Crippen LogP contribution in [0, 0.1) is 5.92 Å². The second kappa shape index (κ2) is 7.25. The van der Waals surface area contributed by atoms with E-state index in [-0.39, 0.29) is 17.9 Å². The molecule has 2 saturated heterocycles. The summed E-state index contributed by atoms with van der Waals surface area (Å²) >= 11 is 0. The van der Waals surface area contributed by atoms with Gasteiger partial charge in [0, 0.05) is 26.1 Å². The number of rotatable bonds is 4. The van der Waals surface area contributed by atoms with Crippen LogP contribution in [0.25, 0.3) is 0 Å². The highest BCUT2D eigenvalue weighted by Gasteiger charge is 2.35. The molecule has 2 atom stereocenters. The number of likely N-dealkylation sites (tertiary alicyclic amines) is 2. The normalized spacial score (nSPS) is 25.3. The van der Waals surface area contributed by atoms with Crippen LogP contribution in [0.2, 0.25) is 0 Å². The van der Waals surface area contributed by atoms with E-state index in [4.69, 9.17) is 0 Å². The summed E-state index contributed by atoms with van der Waals surface area (Å²) in [4.78, 5) is 28.6. The molecule has 2 fully saturated rings. The lowest BCUT2D eigenvalue weighted by molar-refractivity contribution is -0.149. The zero-order chi connectivity index (χ0) is 15.4. The molecule has 2 amide bonds. The molecule has 0 saturated carbocycles. The summed E-state index contributed by atoms with van der Waals surface area (Å²) < 4.78 is 0. The van der Waals surface area contributed by atoms with Crippen molar-refractivity contribution in [3.8, 4) is 0 Å². The number of piperidine rings is 2. The molecule has 2 rings (SSSR count). The number of hydrogen-bond acceptors (Lipinski definition) is 3. The van der Waals surface area contributed by atoms with E-state index in [9.17, 15) is 14.7 Å². The fourth-order valence-electron chi connectivity index (χ4n) is 3.33. The average Bonchev–Trinajstić information content (AvgIpc) is 2.45. The minimum atomic E-state index is -0.417. The number of carbonyl (C=O) groups excluding carboxylic acids is 2. The number of aliphatic hydroxyl groups is 1. The van der Waals surface area contributed by atoms with E-state index in [2.05, 4.69) is 13.8 Å². The molecule has 120 valence electrons. The SMILES string of the molecule is CC(C)CC(C(=O)N1CCCC(O)C1)N1CCCCC1=O. The maximum atomic E-state index is 12.8. The monoisotopic (exact) mass is 296 g/mol. The van der Waals surface area contributed by atoms with Crippen LogP contribution in [0.5, 0.6) is 0 Å². The molecule has 21 heavy (non-hydrogen) atoms. The first-order valence-corrected chi connectivity index (χ1v) is 8.25. The Bertz CT molecular complexity index is 384. The van der Waals surface area contributed by atoms with Crippen LogP contribution < -0.4 is 0 Å². The Kier molecular flexibility index (Phi) is 5.62. The van der Waals surface area contributed by atoms with Crippen molar-refractivity contribution in [2.45, 2.75) is 64.5 Å². The molecule has 0 aromatic carbocycles. The molecular weight excluding hydrogens is 268 g/mol. The van der Waals surface area contributed by atoms with Crippen molar-refractivity contribution in [1.29, 1.82) is 0 Å². The number of carbonyl (C=O) groups is 2. The maximum Gasteiger partial charge on any atom is 0.245 e. The maximum absolute atomic E-state index is 12.8. The van der Waals surface area contributed by atoms with Crippen LogP contribution >= 0.6 is 0 Å². The number of amides is 2. The molecule has 5 nitrogen and oxygen atoms in total. The summed E-state index contributed by atoms with van der Waals surface area (Å²) in [7, 11) is 0. The van der Waals surface area contributed by atoms with Crippen LogP contribution in [0.1, 0.15) is 52.4 Å². The van der Waals surface area contributed by atoms with Gasteiger partial charge in [0.25, 0.3) is 0 Å². The summed E-state index contributed by atoms with van der Waals surface area (Å²) in [6.07, 6.45) is 4.37. The Morgan fingerprint density at radius 1 is 1.29 bits per heavy atom. The van der Waals surface area contributed by atoms with Crippen molar-refractivity contribution in [3.63, 3.8) is 0 Å². The molecule has 1 N–H and O–H groups in total. The fourth-order valence-corrected chi connectivity index (χ4v) is 3.33. The molecule has 2 unspecified atom stereocenters. The molecule has 0 spiro atoms. The van der Waals surface area contributed by atoms with E-state index >= 15 is 0 Å². The van der Waals surface area contributed by atoms with Crippen molar-refractivity contribution in [3.05, 3.63) is 0 Å². The molecule has 2 heterocycles. The Balaban J connectivity index is 2.10. The van der Waals surface area contributed by atoms with E-state index in [1.165, 1.54) is 0 Å². The van der Waals surface area contributed by atoms with Gasteiger partial charge < -0.3 is 14.9 Å². The highest BCUT2D eigenvalue weighted by Crippen LogP contribution is 2.22. The number of β-amino-alcohol motifs (C(OH)–C–C–N with tert-alkyl or cyclic N) is 1. The molecule has 0 aromatic rings. The molecule has 2 aliphatic heterocycles. The molecule has 2 aliphatic rings. The molecular formula is C16H28N2O3. The largest absolute Gasteiger partial charge is 0.391 e. The summed E-state index contributed by atoms with van der Waals surface area (Å²) in [6.45, 7) is 5.97. The van der Waals surface area contributed by atoms with Gasteiger partial charge in [0.2, 0.25) is 11.8 Å². The highest BCUT2D eigenvalue weighted by atomic mass is 16.3. The van der Waals surface area contributed by atoms with Crippen molar-refractivity contribution in [1.82, 2.24) is 9.80 Å². The molecule has 0 aliphatic carbocycles. The number of aliphatic hydroxyl groups excluding tert-OH is 1. The third kappa shape index (κ3) is 4.19. The Morgan fingerprint density at radius 2 is 2.05 bits per heavy atom. The first kappa shape index (κ1) is 16.3. The average molecular weight is 296 g/mol. The zero-order valence-corrected chi connectivity index (χ0v) is 13.3. The van der Waals surface area contributed by atoms with Crippen LogP contribution in [-0.4, -0.2) is 58.5 Å². The lowest BCUT2D eigenvalue weighted by Gasteiger charge is -2.39. The van der Waals surface area contributed by atoms with Crippen molar-refractivity contribution < 1.29 is 14.7 Å². The second-order valence-corrected chi connectivity index (χ2v) is 6.77. The van der Waals surface area contributed by atoms with Crippen molar-refractivity contribution >= 4 is 11.8 Å². The van der Waals surface area contributed by atoms with Gasteiger partial charge in [-0.1, -0.05) is 13.8 Å². The van der Waals surface area contributed by atoms with Gasteiger partial charge >= 0.3 is 0 Å². The highest BCUT2D eigenvalue weighted by molar-refractivity contribution is 5.88. The van der Waals surface area contributed by atoms with Gasteiger partial charge in [0.05, 0.1) is 6.10 Å². The van der Waals surface area contributed by atoms with E-state index in [1.807, 2.05) is 0 Å². The first-order valence-electron chi connectivity index (χ1n) is 8.25. The van der Waals surface area contributed by atoms with Gasteiger partial charge in [-0.25, -0.2) is 0 Å². The molecule has 0 aromatic heterocycles. The topological polar surface area (TPSA) is 60.9 Å². The van der Waals surface area contributed by atoms with Gasteiger partial charge in [-0.05, 0) is 38.0 Å². The standard InChI is InChI=1S/C16H28N2O3/c1-12(2)10-14(18-9-4-3-7-15(18)20)16(21)17-8-5-6-13(19)11-17/h12-14,19H,3-11H2,1-2H3. The predicted molar refractivity (Wildman–Crippen MR) is 80.6 cm³/mol. The van der Waals surface area contributed by atoms with Gasteiger partial charge in [0.1, 0.15) is 6.04 Å². The summed E-state index contributed by atoms with van der Waals surface area (Å²) in [6, 6.07) is -0.344. The third-order valence-electron chi connectivity index (χ3n) is 4.42. The molecule has 0 bridgehead atoms. The Labute approximate surface area is 127 Å². The Hall–Kier alpha value is -1.10. The van der Waals surface area contributed by atoms with E-state index in [0.29, 0.717) is 38.4 Å². The van der Waals surface area contributed by atoms with Crippen LogP contribution in [0.4, 0.5) is 0 Å². The third-order valence-corrected chi connectivity index (χ3v) is 4.42. The smallest absolute Gasteiger partial charge is 0.245 e. The van der Waals surface area contributed by atoms with E-state index < -0.39 is 6.10 Å². The lowest BCUT2D eigenvalue weighted by Crippen LogP contribution is -2.55. The van der Waals surface area contributed by atoms with E-state index in [0.717, 1.165) is 25.7 Å². The summed E-state index contributed by atoms with van der Waals surface area (Å²) in [5.41, 5.74) is 0. The fraction of sp³-hybridized carbons (Fsp3) is 0.875. The lowest BCUT2D eigenvalue weighted by atomic mass is 9.97. The predicted octanol–water partition coefficient (Wildman–Crippen LogP) is 1.40. The second-order valence-electron chi connectivity index (χ2n) is 6.77. The first-order chi connectivity index (χ1) is 9.99. The summed E-state index contributed by atoms with van der Waals surface area (Å²) in [5, 5.41) is 9.78. The quantitative estimate of drug-likeness (QED) is 0.853. The van der Waals surface area contributed by atoms with Gasteiger partial charge in [-0.2, -0.15) is 0 Å².